The Labute approximate surface area is 179 Å². The molecule has 0 radical (unpaired) electrons. The van der Waals surface area contributed by atoms with E-state index >= 15 is 0 Å². The molecule has 0 saturated carbocycles. The maximum absolute atomic E-state index is 13.5. The van der Waals surface area contributed by atoms with Crippen molar-refractivity contribution >= 4 is 27.3 Å². The summed E-state index contributed by atoms with van der Waals surface area (Å²) in [6, 6.07) is 8.64. The molecule has 0 bridgehead atoms. The molecule has 0 amide bonds. The number of para-hydroxylation sites is 1. The molecule has 0 aliphatic carbocycles. The molecule has 2 aromatic heterocycles. The van der Waals surface area contributed by atoms with Gasteiger partial charge in [0.15, 0.2) is 0 Å². The number of rotatable bonds is 3. The molecule has 2 aliphatic heterocycles. The lowest BCUT2D eigenvalue weighted by Gasteiger charge is -2.31. The molecule has 1 aromatic carbocycles. The minimum absolute atomic E-state index is 0.197. The summed E-state index contributed by atoms with van der Waals surface area (Å²) in [4.78, 5) is 15.4. The van der Waals surface area contributed by atoms with Gasteiger partial charge in [0.2, 0.25) is 16.0 Å². The molecule has 0 unspecified atom stereocenters. The zero-order valence-electron chi connectivity index (χ0n) is 16.4. The van der Waals surface area contributed by atoms with E-state index in [1.165, 1.54) is 15.6 Å². The Hall–Kier alpha value is -2.56. The molecule has 156 valence electrons. The van der Waals surface area contributed by atoms with E-state index in [1.54, 1.807) is 42.7 Å². The maximum atomic E-state index is 13.5. The zero-order valence-corrected chi connectivity index (χ0v) is 18.1. The molecule has 1 fully saturated rings. The molecular formula is C20H21N5O3S2. The number of nitrogens with zero attached hydrogens (tertiary/aromatic N) is 5. The monoisotopic (exact) mass is 443 g/mol. The summed E-state index contributed by atoms with van der Waals surface area (Å²) in [5, 5.41) is 2.82. The minimum atomic E-state index is -3.73. The zero-order chi connectivity index (χ0) is 20.8. The van der Waals surface area contributed by atoms with Crippen molar-refractivity contribution in [2.75, 3.05) is 24.5 Å². The van der Waals surface area contributed by atoms with Gasteiger partial charge in [0.05, 0.1) is 30.3 Å². The fourth-order valence-electron chi connectivity index (χ4n) is 4.04. The van der Waals surface area contributed by atoms with Crippen molar-refractivity contribution in [1.29, 1.82) is 0 Å². The van der Waals surface area contributed by atoms with Crippen LogP contribution in [0.25, 0.3) is 0 Å². The molecule has 10 heteroatoms. The number of ether oxygens (including phenoxy) is 1. The standard InChI is InChI=1S/C20H21N5O3S2/c1-15-23-16(12-29-15)11-25-14-20(7-10-24(13-20)19-21-8-4-9-22-19)28-17-5-2-3-6-18(17)30(25,26)27/h2-6,8-9,12H,7,10-11,13-14H2,1H3/t20-/m0/s1. The van der Waals surface area contributed by atoms with Crippen LogP contribution < -0.4 is 9.64 Å². The van der Waals surface area contributed by atoms with Crippen LogP contribution >= 0.6 is 11.3 Å². The first-order valence-electron chi connectivity index (χ1n) is 9.66. The molecule has 1 saturated heterocycles. The summed E-state index contributed by atoms with van der Waals surface area (Å²) in [6.45, 7) is 3.57. The number of thiazole rings is 1. The maximum Gasteiger partial charge on any atom is 0.247 e. The number of hydrogen-bond donors (Lipinski definition) is 0. The molecule has 0 N–H and O–H groups in total. The highest BCUT2D eigenvalue weighted by molar-refractivity contribution is 7.89. The Balaban J connectivity index is 1.53. The van der Waals surface area contributed by atoms with E-state index in [9.17, 15) is 8.42 Å². The predicted octanol–water partition coefficient (Wildman–Crippen LogP) is 2.47. The Bertz CT molecular complexity index is 1170. The molecule has 2 aliphatic rings. The van der Waals surface area contributed by atoms with Gasteiger partial charge in [0, 0.05) is 30.7 Å². The van der Waals surface area contributed by atoms with Crippen LogP contribution in [0, 0.1) is 6.92 Å². The lowest BCUT2D eigenvalue weighted by Crippen LogP contribution is -2.49. The fourth-order valence-corrected chi connectivity index (χ4v) is 6.25. The van der Waals surface area contributed by atoms with Crippen molar-refractivity contribution in [3.8, 4) is 5.75 Å². The smallest absolute Gasteiger partial charge is 0.247 e. The number of fused-ring (bicyclic) bond motifs is 1. The average Bonchev–Trinajstić information content (AvgIpc) is 3.33. The van der Waals surface area contributed by atoms with Crippen molar-refractivity contribution in [3.05, 3.63) is 58.8 Å². The Morgan fingerprint density at radius 2 is 1.97 bits per heavy atom. The number of anilines is 1. The van der Waals surface area contributed by atoms with E-state index in [-0.39, 0.29) is 18.0 Å². The van der Waals surface area contributed by atoms with Gasteiger partial charge in [-0.25, -0.2) is 23.4 Å². The Morgan fingerprint density at radius 1 is 1.17 bits per heavy atom. The van der Waals surface area contributed by atoms with E-state index in [4.69, 9.17) is 4.74 Å². The molecular weight excluding hydrogens is 422 g/mol. The number of aromatic nitrogens is 3. The van der Waals surface area contributed by atoms with E-state index in [0.717, 1.165) is 10.7 Å². The van der Waals surface area contributed by atoms with Crippen LogP contribution in [0.3, 0.4) is 0 Å². The predicted molar refractivity (Wildman–Crippen MR) is 113 cm³/mol. The van der Waals surface area contributed by atoms with Crippen molar-refractivity contribution in [2.24, 2.45) is 0 Å². The van der Waals surface area contributed by atoms with Gasteiger partial charge in [-0.05, 0) is 25.1 Å². The number of sulfonamides is 1. The van der Waals surface area contributed by atoms with Crippen LogP contribution in [0.2, 0.25) is 0 Å². The molecule has 1 spiro atoms. The molecule has 4 heterocycles. The molecule has 3 aromatic rings. The van der Waals surface area contributed by atoms with Crippen LogP contribution in [0.4, 0.5) is 5.95 Å². The second-order valence-corrected chi connectivity index (χ2v) is 10.6. The van der Waals surface area contributed by atoms with Crippen LogP contribution in [0.15, 0.2) is 53.0 Å². The van der Waals surface area contributed by atoms with Crippen molar-refractivity contribution < 1.29 is 13.2 Å². The van der Waals surface area contributed by atoms with E-state index in [1.807, 2.05) is 17.2 Å². The lowest BCUT2D eigenvalue weighted by atomic mass is 10.0. The first kappa shape index (κ1) is 19.4. The van der Waals surface area contributed by atoms with Crippen LogP contribution in [0.1, 0.15) is 17.1 Å². The molecule has 8 nitrogen and oxygen atoms in total. The highest BCUT2D eigenvalue weighted by atomic mass is 32.2. The summed E-state index contributed by atoms with van der Waals surface area (Å²) in [5.41, 5.74) is 0.0566. The highest BCUT2D eigenvalue weighted by Gasteiger charge is 2.48. The molecule has 30 heavy (non-hydrogen) atoms. The largest absolute Gasteiger partial charge is 0.483 e. The normalized spacial score (nSPS) is 23.2. The average molecular weight is 444 g/mol. The quantitative estimate of drug-likeness (QED) is 0.614. The minimum Gasteiger partial charge on any atom is -0.483 e. The van der Waals surface area contributed by atoms with Gasteiger partial charge >= 0.3 is 0 Å². The molecule has 5 rings (SSSR count). The van der Waals surface area contributed by atoms with Gasteiger partial charge in [-0.3, -0.25) is 0 Å². The third-order valence-electron chi connectivity index (χ3n) is 5.41. The summed E-state index contributed by atoms with van der Waals surface area (Å²) in [6.07, 6.45) is 4.08. The van der Waals surface area contributed by atoms with Gasteiger partial charge < -0.3 is 9.64 Å². The van der Waals surface area contributed by atoms with Crippen LogP contribution in [0.5, 0.6) is 5.75 Å². The van der Waals surface area contributed by atoms with E-state index in [0.29, 0.717) is 31.2 Å². The molecule has 1 atom stereocenters. The van der Waals surface area contributed by atoms with Gasteiger partial charge in [-0.2, -0.15) is 4.31 Å². The Kier molecular flexibility index (Phi) is 4.72. The SMILES string of the molecule is Cc1nc(CN2C[C@@]3(CCN(c4ncccn4)C3)Oc3ccccc3S2(=O)=O)cs1. The summed E-state index contributed by atoms with van der Waals surface area (Å²) in [5.74, 6) is 1.02. The van der Waals surface area contributed by atoms with Crippen molar-refractivity contribution in [1.82, 2.24) is 19.3 Å². The number of hydrogen-bond acceptors (Lipinski definition) is 8. The van der Waals surface area contributed by atoms with Crippen molar-refractivity contribution in [2.45, 2.75) is 30.4 Å². The Morgan fingerprint density at radius 3 is 2.73 bits per heavy atom. The summed E-state index contributed by atoms with van der Waals surface area (Å²) < 4.78 is 35.0. The second kappa shape index (κ2) is 7.29. The fraction of sp³-hybridized carbons (Fsp3) is 0.350. The van der Waals surface area contributed by atoms with Crippen LogP contribution in [-0.2, 0) is 16.6 Å². The number of aryl methyl sites for hydroxylation is 1. The first-order valence-corrected chi connectivity index (χ1v) is 12.0. The summed E-state index contributed by atoms with van der Waals surface area (Å²) >= 11 is 1.52. The third-order valence-corrected chi connectivity index (χ3v) is 8.07. The van der Waals surface area contributed by atoms with Gasteiger partial charge in [0.25, 0.3) is 0 Å². The third kappa shape index (κ3) is 3.44. The van der Waals surface area contributed by atoms with Crippen LogP contribution in [-0.4, -0.2) is 52.9 Å². The summed E-state index contributed by atoms with van der Waals surface area (Å²) in [7, 11) is -3.73. The van der Waals surface area contributed by atoms with Gasteiger partial charge in [-0.1, -0.05) is 12.1 Å². The first-order chi connectivity index (χ1) is 14.5. The van der Waals surface area contributed by atoms with Gasteiger partial charge in [0.1, 0.15) is 16.2 Å². The highest BCUT2D eigenvalue weighted by Crippen LogP contribution is 2.39. The lowest BCUT2D eigenvalue weighted by molar-refractivity contribution is 0.0710. The van der Waals surface area contributed by atoms with E-state index < -0.39 is 15.6 Å². The van der Waals surface area contributed by atoms with Crippen molar-refractivity contribution in [3.63, 3.8) is 0 Å². The van der Waals surface area contributed by atoms with Gasteiger partial charge in [-0.15, -0.1) is 11.3 Å². The topological polar surface area (TPSA) is 88.5 Å². The second-order valence-electron chi connectivity index (χ2n) is 7.58. The van der Waals surface area contributed by atoms with E-state index in [2.05, 4.69) is 15.0 Å². The number of benzene rings is 1.